The van der Waals surface area contributed by atoms with Crippen molar-refractivity contribution in [1.29, 1.82) is 0 Å². The predicted octanol–water partition coefficient (Wildman–Crippen LogP) is 5.63. The van der Waals surface area contributed by atoms with Crippen molar-refractivity contribution in [3.05, 3.63) is 54.1 Å². The van der Waals surface area contributed by atoms with E-state index in [-0.39, 0.29) is 6.04 Å². The number of benzene rings is 1. The first-order chi connectivity index (χ1) is 8.61. The molecule has 0 aliphatic heterocycles. The van der Waals surface area contributed by atoms with E-state index in [0.717, 1.165) is 19.8 Å². The molecule has 0 bridgehead atoms. The maximum atomic E-state index is 5.99. The molecular weight excluding hydrogens is 397 g/mol. The van der Waals surface area contributed by atoms with Crippen molar-refractivity contribution in [2.24, 2.45) is 0 Å². The molecule has 2 rings (SSSR count). The van der Waals surface area contributed by atoms with Crippen molar-refractivity contribution in [1.82, 2.24) is 5.32 Å². The van der Waals surface area contributed by atoms with Crippen LogP contribution in [0.4, 0.5) is 0 Å². The van der Waals surface area contributed by atoms with Gasteiger partial charge in [0, 0.05) is 14.4 Å². The number of nitrogens with one attached hydrogen (secondary N) is 1. The van der Waals surface area contributed by atoms with Gasteiger partial charge in [-0.1, -0.05) is 40.5 Å². The van der Waals surface area contributed by atoms with Gasteiger partial charge >= 0.3 is 0 Å². The van der Waals surface area contributed by atoms with Crippen LogP contribution in [0, 0.1) is 0 Å². The Balaban J connectivity index is 2.41. The van der Waals surface area contributed by atoms with E-state index in [1.165, 1.54) is 10.4 Å². The average molecular weight is 410 g/mol. The summed E-state index contributed by atoms with van der Waals surface area (Å²) in [5.74, 6) is 0. The second kappa shape index (κ2) is 6.53. The van der Waals surface area contributed by atoms with Gasteiger partial charge in [0.1, 0.15) is 0 Å². The van der Waals surface area contributed by atoms with E-state index in [1.807, 2.05) is 12.1 Å². The third kappa shape index (κ3) is 3.36. The maximum Gasteiger partial charge on any atom is 0.0702 e. The molecule has 1 aromatic heterocycles. The topological polar surface area (TPSA) is 12.0 Å². The number of hydrogen-bond donors (Lipinski definition) is 1. The van der Waals surface area contributed by atoms with Crippen molar-refractivity contribution in [2.75, 3.05) is 6.54 Å². The van der Waals surface area contributed by atoms with Crippen LogP contribution in [0.5, 0.6) is 0 Å². The number of rotatable bonds is 4. The third-order valence-corrected chi connectivity index (χ3v) is 5.17. The molecule has 0 saturated carbocycles. The van der Waals surface area contributed by atoms with Crippen LogP contribution >= 0.6 is 54.8 Å². The molecule has 2 aromatic rings. The van der Waals surface area contributed by atoms with Crippen LogP contribution in [0.25, 0.3) is 0 Å². The maximum absolute atomic E-state index is 5.99. The van der Waals surface area contributed by atoms with Crippen LogP contribution in [0.1, 0.15) is 23.4 Å². The predicted molar refractivity (Wildman–Crippen MR) is 86.7 cm³/mol. The van der Waals surface area contributed by atoms with Crippen molar-refractivity contribution >= 4 is 54.8 Å². The molecule has 96 valence electrons. The molecule has 18 heavy (non-hydrogen) atoms. The van der Waals surface area contributed by atoms with E-state index in [0.29, 0.717) is 0 Å². The molecule has 1 atom stereocenters. The van der Waals surface area contributed by atoms with Crippen LogP contribution < -0.4 is 5.32 Å². The molecule has 5 heteroatoms. The zero-order valence-corrected chi connectivity index (χ0v) is 14.5. The standard InChI is InChI=1S/C13H12Br2ClNS/c1-2-17-13(11-5-6-12(15)18-11)9-4-3-8(16)7-10(9)14/h3-7,13,17H,2H2,1H3. The average Bonchev–Trinajstić information content (AvgIpc) is 2.73. The molecule has 0 saturated heterocycles. The molecule has 1 nitrogen and oxygen atoms in total. The third-order valence-electron chi connectivity index (χ3n) is 2.56. The molecule has 0 fully saturated rings. The first-order valence-corrected chi connectivity index (χ1v) is 8.33. The molecule has 0 aliphatic rings. The largest absolute Gasteiger partial charge is 0.306 e. The smallest absolute Gasteiger partial charge is 0.0702 e. The monoisotopic (exact) mass is 407 g/mol. The number of hydrogen-bond acceptors (Lipinski definition) is 2. The van der Waals surface area contributed by atoms with Gasteiger partial charge in [0.05, 0.1) is 9.83 Å². The van der Waals surface area contributed by atoms with Gasteiger partial charge < -0.3 is 5.32 Å². The lowest BCUT2D eigenvalue weighted by Crippen LogP contribution is -2.21. The quantitative estimate of drug-likeness (QED) is 0.690. The van der Waals surface area contributed by atoms with Gasteiger partial charge in [-0.15, -0.1) is 11.3 Å². The summed E-state index contributed by atoms with van der Waals surface area (Å²) >= 11 is 14.8. The summed E-state index contributed by atoms with van der Waals surface area (Å²) in [7, 11) is 0. The van der Waals surface area contributed by atoms with Crippen molar-refractivity contribution in [3.8, 4) is 0 Å². The lowest BCUT2D eigenvalue weighted by Gasteiger charge is -2.18. The number of thiophene rings is 1. The molecular formula is C13H12Br2ClNS. The lowest BCUT2D eigenvalue weighted by molar-refractivity contribution is 0.637. The minimum Gasteiger partial charge on any atom is -0.306 e. The summed E-state index contributed by atoms with van der Waals surface area (Å²) in [6.07, 6.45) is 0. The van der Waals surface area contributed by atoms with E-state index >= 15 is 0 Å². The molecule has 0 spiro atoms. The Kier molecular flexibility index (Phi) is 5.27. The van der Waals surface area contributed by atoms with Gasteiger partial charge in [-0.3, -0.25) is 0 Å². The van der Waals surface area contributed by atoms with Gasteiger partial charge in [-0.05, 0) is 52.3 Å². The van der Waals surface area contributed by atoms with Crippen molar-refractivity contribution in [2.45, 2.75) is 13.0 Å². The minimum absolute atomic E-state index is 0.193. The Morgan fingerprint density at radius 3 is 2.61 bits per heavy atom. The van der Waals surface area contributed by atoms with E-state index < -0.39 is 0 Å². The fourth-order valence-corrected chi connectivity index (χ4v) is 4.22. The highest BCUT2D eigenvalue weighted by molar-refractivity contribution is 9.11. The van der Waals surface area contributed by atoms with Gasteiger partial charge in [-0.25, -0.2) is 0 Å². The van der Waals surface area contributed by atoms with Crippen LogP contribution in [-0.4, -0.2) is 6.54 Å². The van der Waals surface area contributed by atoms with Gasteiger partial charge in [0.15, 0.2) is 0 Å². The zero-order valence-electron chi connectivity index (χ0n) is 9.71. The zero-order chi connectivity index (χ0) is 13.1. The van der Waals surface area contributed by atoms with Crippen molar-refractivity contribution < 1.29 is 0 Å². The fourth-order valence-electron chi connectivity index (χ4n) is 1.79. The van der Waals surface area contributed by atoms with Gasteiger partial charge in [0.2, 0.25) is 0 Å². The molecule has 1 unspecified atom stereocenters. The highest BCUT2D eigenvalue weighted by Crippen LogP contribution is 2.35. The normalized spacial score (nSPS) is 12.7. The summed E-state index contributed by atoms with van der Waals surface area (Å²) in [6.45, 7) is 3.02. The first kappa shape index (κ1) is 14.5. The van der Waals surface area contributed by atoms with Crippen molar-refractivity contribution in [3.63, 3.8) is 0 Å². The second-order valence-corrected chi connectivity index (χ2v) is 7.58. The minimum atomic E-state index is 0.193. The Bertz CT molecular complexity index is 542. The van der Waals surface area contributed by atoms with E-state index in [2.05, 4.69) is 62.3 Å². The Morgan fingerprint density at radius 1 is 1.28 bits per heavy atom. The Morgan fingerprint density at radius 2 is 2.06 bits per heavy atom. The van der Waals surface area contributed by atoms with E-state index in [1.54, 1.807) is 11.3 Å². The lowest BCUT2D eigenvalue weighted by atomic mass is 10.1. The second-order valence-electron chi connectivity index (χ2n) is 3.80. The SMILES string of the molecule is CCNC(c1ccc(Br)s1)c1ccc(Cl)cc1Br. The van der Waals surface area contributed by atoms with Crippen LogP contribution in [0.2, 0.25) is 5.02 Å². The first-order valence-electron chi connectivity index (χ1n) is 5.55. The number of halogens is 3. The Labute approximate surface area is 133 Å². The Hall–Kier alpha value is 0.130. The molecule has 1 heterocycles. The molecule has 1 N–H and O–H groups in total. The fraction of sp³-hybridized carbons (Fsp3) is 0.231. The van der Waals surface area contributed by atoms with Crippen LogP contribution in [0.3, 0.4) is 0 Å². The summed E-state index contributed by atoms with van der Waals surface area (Å²) in [5.41, 5.74) is 1.20. The van der Waals surface area contributed by atoms with E-state index in [4.69, 9.17) is 11.6 Å². The van der Waals surface area contributed by atoms with Gasteiger partial charge in [-0.2, -0.15) is 0 Å². The molecule has 0 radical (unpaired) electrons. The highest BCUT2D eigenvalue weighted by atomic mass is 79.9. The molecule has 0 aliphatic carbocycles. The summed E-state index contributed by atoms with van der Waals surface area (Å²) < 4.78 is 2.18. The summed E-state index contributed by atoms with van der Waals surface area (Å²) in [5, 5.41) is 4.25. The molecule has 0 amide bonds. The molecule has 1 aromatic carbocycles. The van der Waals surface area contributed by atoms with E-state index in [9.17, 15) is 0 Å². The van der Waals surface area contributed by atoms with Gasteiger partial charge in [0.25, 0.3) is 0 Å². The summed E-state index contributed by atoms with van der Waals surface area (Å²) in [4.78, 5) is 1.28. The van der Waals surface area contributed by atoms with Crippen LogP contribution in [0.15, 0.2) is 38.6 Å². The summed E-state index contributed by atoms with van der Waals surface area (Å²) in [6, 6.07) is 10.3. The van der Waals surface area contributed by atoms with Crippen LogP contribution in [-0.2, 0) is 0 Å². The highest BCUT2D eigenvalue weighted by Gasteiger charge is 2.17.